The molecule has 0 aromatic carbocycles. The monoisotopic (exact) mass is 182 g/mol. The molecule has 1 saturated carbocycles. The highest BCUT2D eigenvalue weighted by molar-refractivity contribution is 4.92. The van der Waals surface area contributed by atoms with Crippen LogP contribution in [0.3, 0.4) is 0 Å². The predicted octanol–water partition coefficient (Wildman–Crippen LogP) is 2.19. The fourth-order valence-electron chi connectivity index (χ4n) is 1.77. The molecule has 0 aromatic heterocycles. The average Bonchev–Trinajstić information content (AvgIpc) is 2.08. The highest BCUT2D eigenvalue weighted by atomic mass is 15.2. The standard InChI is InChI=1S/C11H22N2/c1-9-5-7-11(8-6-9)12-10(2)13(3)4/h9,11-12H,2,5-8H2,1,3-4H3. The Balaban J connectivity index is 2.26. The van der Waals surface area contributed by atoms with Gasteiger partial charge in [-0.3, -0.25) is 0 Å². The van der Waals surface area contributed by atoms with E-state index in [0.717, 1.165) is 11.7 Å². The van der Waals surface area contributed by atoms with Crippen LogP contribution in [0.25, 0.3) is 0 Å². The molecule has 0 bridgehead atoms. The Labute approximate surface area is 82.0 Å². The molecular formula is C11H22N2. The highest BCUT2D eigenvalue weighted by Crippen LogP contribution is 2.23. The normalized spacial score (nSPS) is 28.2. The summed E-state index contributed by atoms with van der Waals surface area (Å²) >= 11 is 0. The molecule has 0 heterocycles. The predicted molar refractivity (Wildman–Crippen MR) is 57.4 cm³/mol. The van der Waals surface area contributed by atoms with Crippen molar-refractivity contribution in [1.29, 1.82) is 0 Å². The van der Waals surface area contributed by atoms with E-state index >= 15 is 0 Å². The molecule has 0 spiro atoms. The van der Waals surface area contributed by atoms with Gasteiger partial charge in [0.05, 0.1) is 5.82 Å². The summed E-state index contributed by atoms with van der Waals surface area (Å²) in [5.41, 5.74) is 0. The van der Waals surface area contributed by atoms with E-state index in [2.05, 4.69) is 18.8 Å². The molecule has 2 nitrogen and oxygen atoms in total. The quantitative estimate of drug-likeness (QED) is 0.719. The lowest BCUT2D eigenvalue weighted by Crippen LogP contribution is -2.36. The van der Waals surface area contributed by atoms with E-state index in [1.165, 1.54) is 25.7 Å². The molecule has 0 unspecified atom stereocenters. The first-order chi connectivity index (χ1) is 6.09. The van der Waals surface area contributed by atoms with Crippen molar-refractivity contribution < 1.29 is 0 Å². The van der Waals surface area contributed by atoms with Crippen molar-refractivity contribution in [1.82, 2.24) is 10.2 Å². The minimum atomic E-state index is 0.658. The zero-order valence-electron chi connectivity index (χ0n) is 9.14. The van der Waals surface area contributed by atoms with Crippen LogP contribution in [0.15, 0.2) is 12.4 Å². The van der Waals surface area contributed by atoms with Gasteiger partial charge < -0.3 is 10.2 Å². The summed E-state index contributed by atoms with van der Waals surface area (Å²) in [5.74, 6) is 1.96. The number of rotatable bonds is 3. The Bertz CT molecular complexity index is 167. The summed E-state index contributed by atoms with van der Waals surface area (Å²) < 4.78 is 0. The molecular weight excluding hydrogens is 160 g/mol. The third kappa shape index (κ3) is 3.29. The van der Waals surface area contributed by atoms with Crippen LogP contribution in [0.2, 0.25) is 0 Å². The van der Waals surface area contributed by atoms with Crippen LogP contribution in [0, 0.1) is 5.92 Å². The van der Waals surface area contributed by atoms with E-state index < -0.39 is 0 Å². The molecule has 0 radical (unpaired) electrons. The molecule has 1 fully saturated rings. The zero-order valence-corrected chi connectivity index (χ0v) is 9.14. The summed E-state index contributed by atoms with van der Waals surface area (Å²) in [6, 6.07) is 0.658. The molecule has 0 aromatic rings. The van der Waals surface area contributed by atoms with Crippen molar-refractivity contribution in [3.8, 4) is 0 Å². The lowest BCUT2D eigenvalue weighted by molar-refractivity contribution is 0.301. The maximum absolute atomic E-state index is 3.98. The Morgan fingerprint density at radius 3 is 2.23 bits per heavy atom. The third-order valence-corrected chi connectivity index (χ3v) is 2.93. The van der Waals surface area contributed by atoms with Crippen LogP contribution < -0.4 is 5.32 Å². The molecule has 1 aliphatic carbocycles. The molecule has 2 heteroatoms. The molecule has 13 heavy (non-hydrogen) atoms. The minimum absolute atomic E-state index is 0.658. The van der Waals surface area contributed by atoms with Crippen molar-refractivity contribution in [3.63, 3.8) is 0 Å². The van der Waals surface area contributed by atoms with Gasteiger partial charge in [-0.15, -0.1) is 0 Å². The van der Waals surface area contributed by atoms with Crippen LogP contribution in [0.5, 0.6) is 0 Å². The Hall–Kier alpha value is -0.660. The Kier molecular flexibility index (Phi) is 3.64. The van der Waals surface area contributed by atoms with Crippen LogP contribution in [0.4, 0.5) is 0 Å². The molecule has 1 N–H and O–H groups in total. The van der Waals surface area contributed by atoms with Gasteiger partial charge in [0, 0.05) is 20.1 Å². The van der Waals surface area contributed by atoms with Crippen LogP contribution in [-0.2, 0) is 0 Å². The second-order valence-electron chi connectivity index (χ2n) is 4.44. The van der Waals surface area contributed by atoms with E-state index in [9.17, 15) is 0 Å². The van der Waals surface area contributed by atoms with Gasteiger partial charge >= 0.3 is 0 Å². The Morgan fingerprint density at radius 1 is 1.23 bits per heavy atom. The van der Waals surface area contributed by atoms with Crippen LogP contribution >= 0.6 is 0 Å². The topological polar surface area (TPSA) is 15.3 Å². The van der Waals surface area contributed by atoms with Gasteiger partial charge in [-0.25, -0.2) is 0 Å². The molecule has 0 aliphatic heterocycles. The minimum Gasteiger partial charge on any atom is -0.370 e. The number of hydrogen-bond acceptors (Lipinski definition) is 2. The molecule has 0 saturated heterocycles. The van der Waals surface area contributed by atoms with E-state index in [0.29, 0.717) is 6.04 Å². The largest absolute Gasteiger partial charge is 0.370 e. The first kappa shape index (κ1) is 10.4. The summed E-state index contributed by atoms with van der Waals surface area (Å²) in [4.78, 5) is 2.04. The van der Waals surface area contributed by atoms with Gasteiger partial charge in [-0.05, 0) is 31.6 Å². The van der Waals surface area contributed by atoms with Gasteiger partial charge in [-0.1, -0.05) is 13.5 Å². The Morgan fingerprint density at radius 2 is 1.77 bits per heavy atom. The fourth-order valence-corrected chi connectivity index (χ4v) is 1.77. The summed E-state index contributed by atoms with van der Waals surface area (Å²) in [6.07, 6.45) is 5.32. The number of hydrogen-bond donors (Lipinski definition) is 1. The van der Waals surface area contributed by atoms with E-state index in [1.54, 1.807) is 0 Å². The lowest BCUT2D eigenvalue weighted by Gasteiger charge is -2.30. The van der Waals surface area contributed by atoms with Crippen molar-refractivity contribution in [2.45, 2.75) is 38.6 Å². The number of nitrogens with zero attached hydrogens (tertiary/aromatic N) is 1. The molecule has 0 amide bonds. The maximum atomic E-state index is 3.98. The van der Waals surface area contributed by atoms with Gasteiger partial charge in [0.25, 0.3) is 0 Å². The maximum Gasteiger partial charge on any atom is 0.0935 e. The van der Waals surface area contributed by atoms with Crippen LogP contribution in [-0.4, -0.2) is 25.0 Å². The van der Waals surface area contributed by atoms with E-state index in [4.69, 9.17) is 0 Å². The van der Waals surface area contributed by atoms with Crippen molar-refractivity contribution in [2.75, 3.05) is 14.1 Å². The van der Waals surface area contributed by atoms with E-state index in [-0.39, 0.29) is 0 Å². The van der Waals surface area contributed by atoms with Crippen molar-refractivity contribution in [3.05, 3.63) is 12.4 Å². The smallest absolute Gasteiger partial charge is 0.0935 e. The highest BCUT2D eigenvalue weighted by Gasteiger charge is 2.18. The average molecular weight is 182 g/mol. The van der Waals surface area contributed by atoms with Crippen LogP contribution in [0.1, 0.15) is 32.6 Å². The summed E-state index contributed by atoms with van der Waals surface area (Å²) in [7, 11) is 4.06. The second kappa shape index (κ2) is 4.54. The zero-order chi connectivity index (χ0) is 9.84. The summed E-state index contributed by atoms with van der Waals surface area (Å²) in [6.45, 7) is 6.33. The van der Waals surface area contributed by atoms with Crippen molar-refractivity contribution in [2.24, 2.45) is 5.92 Å². The first-order valence-electron chi connectivity index (χ1n) is 5.22. The molecule has 0 atom stereocenters. The fraction of sp³-hybridized carbons (Fsp3) is 0.818. The van der Waals surface area contributed by atoms with Crippen molar-refractivity contribution >= 4 is 0 Å². The summed E-state index contributed by atoms with van der Waals surface area (Å²) in [5, 5.41) is 3.47. The SMILES string of the molecule is C=C(NC1CCC(C)CC1)N(C)C. The molecule has 76 valence electrons. The van der Waals surface area contributed by atoms with Gasteiger partial charge in [0.1, 0.15) is 0 Å². The van der Waals surface area contributed by atoms with Gasteiger partial charge in [-0.2, -0.15) is 0 Å². The van der Waals surface area contributed by atoms with Gasteiger partial charge in [0.2, 0.25) is 0 Å². The van der Waals surface area contributed by atoms with Gasteiger partial charge in [0.15, 0.2) is 0 Å². The van der Waals surface area contributed by atoms with E-state index in [1.807, 2.05) is 19.0 Å². The molecule has 1 rings (SSSR count). The number of nitrogens with one attached hydrogen (secondary N) is 1. The third-order valence-electron chi connectivity index (χ3n) is 2.93. The second-order valence-corrected chi connectivity index (χ2v) is 4.44. The lowest BCUT2D eigenvalue weighted by atomic mass is 9.87. The first-order valence-corrected chi connectivity index (χ1v) is 5.22. The molecule has 1 aliphatic rings.